The molecule has 0 aromatic heterocycles. The van der Waals surface area contributed by atoms with Crippen LogP contribution in [0.5, 0.6) is 0 Å². The average molecular weight is 441 g/mol. The molecule has 8 nitrogen and oxygen atoms in total. The minimum atomic E-state index is -0.319. The first-order valence-corrected chi connectivity index (χ1v) is 11.6. The monoisotopic (exact) mass is 440 g/mol. The smallest absolute Gasteiger partial charge is 0.307 e. The molecular weight excluding hydrogens is 416 g/mol. The second-order valence-corrected chi connectivity index (χ2v) is 9.76. The van der Waals surface area contributed by atoms with Gasteiger partial charge < -0.3 is 10.6 Å². The lowest BCUT2D eigenvalue weighted by Crippen LogP contribution is -2.49. The van der Waals surface area contributed by atoms with Crippen molar-refractivity contribution >= 4 is 34.9 Å². The van der Waals surface area contributed by atoms with E-state index in [9.17, 15) is 9.59 Å². The lowest BCUT2D eigenvalue weighted by Gasteiger charge is -2.44. The number of carbonyl (C=O) groups excluding carboxylic acids is 2. The number of para-hydroxylation sites is 2. The number of amides is 4. The summed E-state index contributed by atoms with van der Waals surface area (Å²) < 4.78 is 0. The average Bonchev–Trinajstić information content (AvgIpc) is 3.36. The molecule has 7 rings (SSSR count). The predicted octanol–water partition coefficient (Wildman–Crippen LogP) is 3.73. The molecule has 0 saturated heterocycles. The molecule has 5 fully saturated rings. The first kappa shape index (κ1) is 18.8. The van der Waals surface area contributed by atoms with Crippen LogP contribution in [-0.2, 0) is 0 Å². The number of hydrazone groups is 2. The Morgan fingerprint density at radius 1 is 0.636 bits per heavy atom. The molecule has 5 aliphatic carbocycles. The van der Waals surface area contributed by atoms with E-state index < -0.39 is 0 Å². The van der Waals surface area contributed by atoms with E-state index in [2.05, 4.69) is 31.7 Å². The number of carbonyl (C=O) groups is 2. The maximum Gasteiger partial charge on any atom is 0.339 e. The summed E-state index contributed by atoms with van der Waals surface area (Å²) in [5.41, 5.74) is 9.23. The zero-order valence-corrected chi connectivity index (χ0v) is 17.8. The molecule has 5 aliphatic rings. The van der Waals surface area contributed by atoms with Crippen molar-refractivity contribution in [3.63, 3.8) is 0 Å². The summed E-state index contributed by atoms with van der Waals surface area (Å²) in [5.74, 6) is 4.02. The highest BCUT2D eigenvalue weighted by Gasteiger charge is 2.82. The first-order chi connectivity index (χ1) is 16.2. The third-order valence-corrected chi connectivity index (χ3v) is 8.51. The highest BCUT2D eigenvalue weighted by molar-refractivity contribution is 6.11. The van der Waals surface area contributed by atoms with Crippen LogP contribution in [0.4, 0.5) is 21.0 Å². The fourth-order valence-electron chi connectivity index (χ4n) is 7.75. The van der Waals surface area contributed by atoms with Crippen molar-refractivity contribution in [2.24, 2.45) is 57.5 Å². The van der Waals surface area contributed by atoms with Gasteiger partial charge in [-0.2, -0.15) is 10.2 Å². The number of nitrogens with one attached hydrogen (secondary N) is 4. The molecule has 5 saturated carbocycles. The summed E-state index contributed by atoms with van der Waals surface area (Å²) in [6, 6.07) is 18.1. The number of nitrogens with zero attached hydrogens (tertiary/aromatic N) is 2. The van der Waals surface area contributed by atoms with E-state index in [0.717, 1.165) is 22.8 Å². The van der Waals surface area contributed by atoms with Gasteiger partial charge >= 0.3 is 12.1 Å². The summed E-state index contributed by atoms with van der Waals surface area (Å²) in [6.07, 6.45) is 1.22. The van der Waals surface area contributed by atoms with E-state index in [-0.39, 0.29) is 12.1 Å². The second kappa shape index (κ2) is 6.91. The third-order valence-electron chi connectivity index (χ3n) is 8.51. The van der Waals surface area contributed by atoms with Crippen LogP contribution in [0, 0.1) is 47.3 Å². The lowest BCUT2D eigenvalue weighted by atomic mass is 9.59. The summed E-state index contributed by atoms with van der Waals surface area (Å²) in [5, 5.41) is 14.9. The molecule has 0 unspecified atom stereocenters. The minimum Gasteiger partial charge on any atom is -0.307 e. The van der Waals surface area contributed by atoms with Gasteiger partial charge in [0.05, 0.1) is 0 Å². The zero-order chi connectivity index (χ0) is 22.1. The second-order valence-electron chi connectivity index (χ2n) is 9.76. The van der Waals surface area contributed by atoms with E-state index >= 15 is 0 Å². The Morgan fingerprint density at radius 2 is 1.06 bits per heavy atom. The van der Waals surface area contributed by atoms with Gasteiger partial charge in [-0.05, 0) is 54.4 Å². The standard InChI is InChI=1S/C25H24N6O2/c32-24(26-12-7-3-1-4-8-12)30-28-22-18-14-11-15-17-16(14)20(22)21(17)23(19(15)18)29-31-25(33)27-13-9-5-2-6-10-13/h1-10,14-21H,11H2,(H2,26,30,32)(H2,27,31,33)/b28-22-,29-23-/t14-,15+,16-,17-,18+,19-,20-,21-/m0/s1. The molecule has 33 heavy (non-hydrogen) atoms. The number of benzene rings is 2. The number of anilines is 2. The van der Waals surface area contributed by atoms with Crippen LogP contribution in [0.15, 0.2) is 70.9 Å². The highest BCUT2D eigenvalue weighted by Crippen LogP contribution is 2.80. The molecule has 0 radical (unpaired) electrons. The Hall–Kier alpha value is -3.68. The molecule has 0 aliphatic heterocycles. The largest absolute Gasteiger partial charge is 0.339 e. The van der Waals surface area contributed by atoms with E-state index in [1.807, 2.05) is 60.7 Å². The van der Waals surface area contributed by atoms with Crippen molar-refractivity contribution in [3.8, 4) is 0 Å². The summed E-state index contributed by atoms with van der Waals surface area (Å²) in [7, 11) is 0. The Labute approximate surface area is 190 Å². The summed E-state index contributed by atoms with van der Waals surface area (Å²) >= 11 is 0. The third kappa shape index (κ3) is 2.63. The first-order valence-electron chi connectivity index (χ1n) is 11.6. The topological polar surface area (TPSA) is 107 Å². The van der Waals surface area contributed by atoms with Crippen LogP contribution in [0.2, 0.25) is 0 Å². The number of rotatable bonds is 4. The van der Waals surface area contributed by atoms with Crippen LogP contribution in [0.1, 0.15) is 6.42 Å². The van der Waals surface area contributed by atoms with Crippen LogP contribution >= 0.6 is 0 Å². The van der Waals surface area contributed by atoms with Crippen molar-refractivity contribution in [2.45, 2.75) is 6.42 Å². The van der Waals surface area contributed by atoms with Crippen LogP contribution in [0.3, 0.4) is 0 Å². The maximum absolute atomic E-state index is 12.3. The van der Waals surface area contributed by atoms with Crippen molar-refractivity contribution in [1.82, 2.24) is 10.9 Å². The maximum atomic E-state index is 12.3. The molecule has 2 bridgehead atoms. The van der Waals surface area contributed by atoms with E-state index in [1.165, 1.54) is 6.42 Å². The SMILES string of the molecule is O=C(N/N=C1/[C@@H]2[C@H]3C[C@H]4[C@@H]2/C(=N/NC(=O)Nc2ccccc2)[C@@H]2[C@@H]1[C@@H]3[C@H]42)Nc1ccccc1. The van der Waals surface area contributed by atoms with Gasteiger partial charge in [0, 0.05) is 46.5 Å². The predicted molar refractivity (Wildman–Crippen MR) is 125 cm³/mol. The Bertz CT molecular complexity index is 1100. The molecule has 2 aromatic carbocycles. The number of hydrogen-bond donors (Lipinski definition) is 4. The van der Waals surface area contributed by atoms with Gasteiger partial charge in [0.1, 0.15) is 0 Å². The van der Waals surface area contributed by atoms with Crippen molar-refractivity contribution < 1.29 is 9.59 Å². The number of hydrogen-bond acceptors (Lipinski definition) is 4. The van der Waals surface area contributed by atoms with Gasteiger partial charge in [-0.1, -0.05) is 36.4 Å². The molecule has 0 spiro atoms. The molecule has 4 N–H and O–H groups in total. The lowest BCUT2D eigenvalue weighted by molar-refractivity contribution is 0.0654. The highest BCUT2D eigenvalue weighted by atomic mass is 16.2. The van der Waals surface area contributed by atoms with E-state index in [4.69, 9.17) is 0 Å². The van der Waals surface area contributed by atoms with Gasteiger partial charge in [-0.3, -0.25) is 0 Å². The molecule has 8 heteroatoms. The van der Waals surface area contributed by atoms with Crippen molar-refractivity contribution in [3.05, 3.63) is 60.7 Å². The molecule has 0 heterocycles. The molecule has 8 atom stereocenters. The quantitative estimate of drug-likeness (QED) is 0.544. The zero-order valence-electron chi connectivity index (χ0n) is 17.8. The number of urea groups is 2. The molecule has 166 valence electrons. The Morgan fingerprint density at radius 3 is 1.48 bits per heavy atom. The van der Waals surface area contributed by atoms with Gasteiger partial charge in [0.25, 0.3) is 0 Å². The van der Waals surface area contributed by atoms with Crippen molar-refractivity contribution in [1.29, 1.82) is 0 Å². The van der Waals surface area contributed by atoms with E-state index in [1.54, 1.807) is 0 Å². The van der Waals surface area contributed by atoms with Gasteiger partial charge in [-0.25, -0.2) is 20.4 Å². The van der Waals surface area contributed by atoms with Gasteiger partial charge in [0.15, 0.2) is 0 Å². The molecule has 2 aromatic rings. The fraction of sp³-hybridized carbons (Fsp3) is 0.360. The number of fused-ring (bicyclic) bond motifs is 2. The van der Waals surface area contributed by atoms with Crippen molar-refractivity contribution in [2.75, 3.05) is 10.6 Å². The van der Waals surface area contributed by atoms with Crippen LogP contribution in [-0.4, -0.2) is 23.5 Å². The Balaban J connectivity index is 1.07. The molecular formula is C25H24N6O2. The normalized spacial score (nSPS) is 37.9. The van der Waals surface area contributed by atoms with Crippen LogP contribution < -0.4 is 21.5 Å². The fourth-order valence-corrected chi connectivity index (χ4v) is 7.75. The molecule has 4 amide bonds. The van der Waals surface area contributed by atoms with Gasteiger partial charge in [-0.15, -0.1) is 0 Å². The summed E-state index contributed by atoms with van der Waals surface area (Å²) in [4.78, 5) is 24.7. The minimum absolute atomic E-state index is 0.319. The van der Waals surface area contributed by atoms with Crippen LogP contribution in [0.25, 0.3) is 0 Å². The summed E-state index contributed by atoms with van der Waals surface area (Å²) in [6.45, 7) is 0. The van der Waals surface area contributed by atoms with Gasteiger partial charge in [0.2, 0.25) is 0 Å². The van der Waals surface area contributed by atoms with E-state index in [0.29, 0.717) is 47.3 Å². The Kier molecular flexibility index (Phi) is 3.95.